The molecular weight excluding hydrogens is 520 g/mol. The van der Waals surface area contributed by atoms with Crippen molar-refractivity contribution in [3.05, 3.63) is 76.3 Å². The molecule has 6 N–H and O–H groups in total. The van der Waals surface area contributed by atoms with Gasteiger partial charge in [0, 0.05) is 33.2 Å². The number of phenolic OH excluding ortho intramolecular Hbond substituents is 1. The Morgan fingerprint density at radius 2 is 1.79 bits per heavy atom. The number of hydrogen-bond acceptors (Lipinski definition) is 5. The number of rotatable bonds is 7. The van der Waals surface area contributed by atoms with Crippen LogP contribution in [0.5, 0.6) is 11.5 Å². The Morgan fingerprint density at radius 3 is 2.47 bits per heavy atom. The Morgan fingerprint density at radius 1 is 1.08 bits per heavy atom. The van der Waals surface area contributed by atoms with E-state index in [9.17, 15) is 9.90 Å². The third kappa shape index (κ3) is 6.55. The standard InChI is InChI=1S/C29H34N4O3S.ClH/c1-17-18(2)26-24(19(3)25(17)34)12-13-29(4,36-26)14-15-37-23-10-8-21(9-11-23)32-27(35)20-6-5-7-22(16-20)33-28(30)31;/h5-11,16,34H,12-15H2,1-4H3,(H,32,35)(H4,30,31,33);1H. The summed E-state index contributed by atoms with van der Waals surface area (Å²) < 4.78 is 6.54. The molecule has 1 heterocycles. The molecule has 0 saturated heterocycles. The number of nitrogens with one attached hydrogen (secondary N) is 3. The smallest absolute Gasteiger partial charge is 0.255 e. The molecule has 1 atom stereocenters. The molecule has 38 heavy (non-hydrogen) atoms. The monoisotopic (exact) mass is 554 g/mol. The number of anilines is 2. The first-order chi connectivity index (χ1) is 17.6. The van der Waals surface area contributed by atoms with Crippen LogP contribution in [-0.2, 0) is 6.42 Å². The van der Waals surface area contributed by atoms with Crippen molar-refractivity contribution in [3.63, 3.8) is 0 Å². The van der Waals surface area contributed by atoms with Gasteiger partial charge >= 0.3 is 0 Å². The minimum atomic E-state index is -0.250. The van der Waals surface area contributed by atoms with Gasteiger partial charge < -0.3 is 26.2 Å². The fourth-order valence-electron chi connectivity index (χ4n) is 4.59. The van der Waals surface area contributed by atoms with Crippen LogP contribution in [0.15, 0.2) is 53.4 Å². The lowest BCUT2D eigenvalue weighted by atomic mass is 9.86. The number of hydrogen-bond donors (Lipinski definition) is 5. The summed E-state index contributed by atoms with van der Waals surface area (Å²) in [5.74, 6) is 1.82. The number of guanidine groups is 1. The molecular formula is C29H35ClN4O3S. The maximum atomic E-state index is 12.6. The molecule has 0 saturated carbocycles. The predicted octanol–water partition coefficient (Wildman–Crippen LogP) is 6.56. The molecule has 0 bridgehead atoms. The number of ether oxygens (including phenoxy) is 1. The van der Waals surface area contributed by atoms with Crippen LogP contribution in [0.3, 0.4) is 0 Å². The predicted molar refractivity (Wildman–Crippen MR) is 159 cm³/mol. The number of fused-ring (bicyclic) bond motifs is 1. The molecule has 1 aliphatic rings. The molecule has 0 aromatic heterocycles. The average molecular weight is 555 g/mol. The van der Waals surface area contributed by atoms with E-state index in [-0.39, 0.29) is 29.9 Å². The highest BCUT2D eigenvalue weighted by atomic mass is 35.5. The van der Waals surface area contributed by atoms with Crippen molar-refractivity contribution in [3.8, 4) is 11.5 Å². The number of phenols is 1. The quantitative estimate of drug-likeness (QED) is 0.128. The summed E-state index contributed by atoms with van der Waals surface area (Å²) in [5, 5.41) is 23.3. The highest BCUT2D eigenvalue weighted by molar-refractivity contribution is 7.99. The minimum Gasteiger partial charge on any atom is -0.507 e. The summed E-state index contributed by atoms with van der Waals surface area (Å²) in [6.45, 7) is 8.11. The number of benzene rings is 3. The van der Waals surface area contributed by atoms with Crippen molar-refractivity contribution in [1.29, 1.82) is 5.41 Å². The number of carbonyl (C=O) groups excluding carboxylic acids is 1. The fourth-order valence-corrected chi connectivity index (χ4v) is 5.69. The summed E-state index contributed by atoms with van der Waals surface area (Å²) in [7, 11) is 0. The van der Waals surface area contributed by atoms with E-state index in [1.165, 1.54) is 0 Å². The van der Waals surface area contributed by atoms with Crippen LogP contribution in [0.25, 0.3) is 0 Å². The van der Waals surface area contributed by atoms with Crippen molar-refractivity contribution in [1.82, 2.24) is 0 Å². The summed E-state index contributed by atoms with van der Waals surface area (Å²) in [6.07, 6.45) is 2.72. The molecule has 202 valence electrons. The van der Waals surface area contributed by atoms with E-state index < -0.39 is 0 Å². The zero-order chi connectivity index (χ0) is 26.7. The van der Waals surface area contributed by atoms with Crippen molar-refractivity contribution in [2.75, 3.05) is 16.4 Å². The fraction of sp³-hybridized carbons (Fsp3) is 0.310. The first kappa shape index (κ1) is 29.2. The van der Waals surface area contributed by atoms with E-state index in [1.54, 1.807) is 36.0 Å². The van der Waals surface area contributed by atoms with Crippen LogP contribution < -0.4 is 21.1 Å². The Balaban J connectivity index is 0.00000400. The molecule has 0 fully saturated rings. The molecule has 4 rings (SSSR count). The molecule has 0 aliphatic carbocycles. The zero-order valence-corrected chi connectivity index (χ0v) is 23.7. The first-order valence-corrected chi connectivity index (χ1v) is 13.3. The van der Waals surface area contributed by atoms with Gasteiger partial charge in [-0.25, -0.2) is 0 Å². The average Bonchev–Trinajstić information content (AvgIpc) is 2.87. The largest absolute Gasteiger partial charge is 0.507 e. The highest BCUT2D eigenvalue weighted by Gasteiger charge is 2.34. The van der Waals surface area contributed by atoms with Crippen molar-refractivity contribution >= 4 is 47.4 Å². The number of halogens is 1. The third-order valence-electron chi connectivity index (χ3n) is 7.01. The van der Waals surface area contributed by atoms with E-state index in [2.05, 4.69) is 17.6 Å². The van der Waals surface area contributed by atoms with Crippen LogP contribution in [0.1, 0.15) is 52.4 Å². The highest BCUT2D eigenvalue weighted by Crippen LogP contribution is 2.44. The summed E-state index contributed by atoms with van der Waals surface area (Å²) in [5.41, 5.74) is 10.9. The SMILES string of the molecule is Cc1c(C)c2c(c(C)c1O)CCC(C)(CCSc1ccc(NC(=O)c3cccc(NC(=N)N)c3)cc1)O2.Cl. The van der Waals surface area contributed by atoms with Crippen molar-refractivity contribution in [2.45, 2.75) is 57.5 Å². The Kier molecular flexibility index (Phi) is 9.22. The molecule has 0 radical (unpaired) electrons. The second-order valence-electron chi connectivity index (χ2n) is 9.78. The summed E-state index contributed by atoms with van der Waals surface area (Å²) in [6, 6.07) is 14.7. The van der Waals surface area contributed by atoms with Crippen molar-refractivity contribution < 1.29 is 14.6 Å². The molecule has 0 spiro atoms. The number of aromatic hydroxyl groups is 1. The van der Waals surface area contributed by atoms with Gasteiger partial charge in [0.15, 0.2) is 5.96 Å². The van der Waals surface area contributed by atoms with Crippen LogP contribution in [0.4, 0.5) is 11.4 Å². The lowest BCUT2D eigenvalue weighted by Gasteiger charge is -2.38. The van der Waals surface area contributed by atoms with Gasteiger partial charge in [-0.15, -0.1) is 24.2 Å². The Labute approximate surface area is 234 Å². The van der Waals surface area contributed by atoms with Crippen LogP contribution in [0, 0.1) is 26.2 Å². The van der Waals surface area contributed by atoms with Gasteiger partial charge in [0.25, 0.3) is 5.91 Å². The third-order valence-corrected chi connectivity index (χ3v) is 8.02. The lowest BCUT2D eigenvalue weighted by Crippen LogP contribution is -2.37. The van der Waals surface area contributed by atoms with Gasteiger partial charge in [-0.05, 0) is 106 Å². The molecule has 1 aliphatic heterocycles. The van der Waals surface area contributed by atoms with Crippen LogP contribution in [-0.4, -0.2) is 28.3 Å². The van der Waals surface area contributed by atoms with Gasteiger partial charge in [0.1, 0.15) is 17.1 Å². The van der Waals surface area contributed by atoms with Gasteiger partial charge in [-0.1, -0.05) is 6.07 Å². The van der Waals surface area contributed by atoms with Gasteiger partial charge in [-0.2, -0.15) is 0 Å². The Hall–Kier alpha value is -3.36. The van der Waals surface area contributed by atoms with E-state index in [4.69, 9.17) is 15.9 Å². The maximum absolute atomic E-state index is 12.6. The summed E-state index contributed by atoms with van der Waals surface area (Å²) >= 11 is 1.77. The first-order valence-electron chi connectivity index (χ1n) is 12.3. The normalized spacial score (nSPS) is 16.0. The van der Waals surface area contributed by atoms with Gasteiger partial charge in [-0.3, -0.25) is 10.2 Å². The van der Waals surface area contributed by atoms with Gasteiger partial charge in [0.2, 0.25) is 0 Å². The van der Waals surface area contributed by atoms with Crippen LogP contribution in [0.2, 0.25) is 0 Å². The van der Waals surface area contributed by atoms with E-state index in [1.807, 2.05) is 45.0 Å². The molecule has 1 unspecified atom stereocenters. The number of amides is 1. The minimum absolute atomic E-state index is 0. The number of carbonyl (C=O) groups is 1. The molecule has 1 amide bonds. The van der Waals surface area contributed by atoms with Crippen molar-refractivity contribution in [2.24, 2.45) is 5.73 Å². The topological polar surface area (TPSA) is 120 Å². The Bertz CT molecular complexity index is 1350. The second kappa shape index (κ2) is 12.0. The number of nitrogens with two attached hydrogens (primary N) is 1. The number of thioether (sulfide) groups is 1. The molecule has 7 nitrogen and oxygen atoms in total. The summed E-state index contributed by atoms with van der Waals surface area (Å²) in [4.78, 5) is 13.8. The molecule has 3 aromatic rings. The van der Waals surface area contributed by atoms with E-state index >= 15 is 0 Å². The van der Waals surface area contributed by atoms with E-state index in [0.29, 0.717) is 22.7 Å². The van der Waals surface area contributed by atoms with Gasteiger partial charge in [0.05, 0.1) is 0 Å². The van der Waals surface area contributed by atoms with E-state index in [0.717, 1.165) is 57.9 Å². The second-order valence-corrected chi connectivity index (χ2v) is 10.9. The lowest BCUT2D eigenvalue weighted by molar-refractivity contribution is 0.0610. The maximum Gasteiger partial charge on any atom is 0.255 e. The van der Waals surface area contributed by atoms with Crippen LogP contribution >= 0.6 is 24.2 Å². The zero-order valence-electron chi connectivity index (χ0n) is 22.1. The molecule has 3 aromatic carbocycles. The molecule has 9 heteroatoms.